The Morgan fingerprint density at radius 2 is 2.26 bits per heavy atom. The third kappa shape index (κ3) is 3.75. The number of esters is 1. The van der Waals surface area contributed by atoms with E-state index in [0.717, 1.165) is 38.2 Å². The van der Waals surface area contributed by atoms with Gasteiger partial charge < -0.3 is 9.84 Å². The zero-order valence-corrected chi connectivity index (χ0v) is 11.2. The highest BCUT2D eigenvalue weighted by molar-refractivity contribution is 5.74. The van der Waals surface area contributed by atoms with E-state index in [9.17, 15) is 9.90 Å². The first-order valence-electron chi connectivity index (χ1n) is 6.59. The summed E-state index contributed by atoms with van der Waals surface area (Å²) in [5.74, 6) is -0.518. The number of ether oxygens (including phenoxy) is 1. The van der Waals surface area contributed by atoms with Crippen molar-refractivity contribution in [3.8, 4) is 0 Å². The number of pyridine rings is 1. The molecule has 0 aliphatic carbocycles. The molecule has 0 bridgehead atoms. The van der Waals surface area contributed by atoms with Crippen molar-refractivity contribution in [2.24, 2.45) is 5.92 Å². The molecule has 0 saturated carbocycles. The highest BCUT2D eigenvalue weighted by Crippen LogP contribution is 2.22. The quantitative estimate of drug-likeness (QED) is 0.816. The normalized spacial score (nSPS) is 19.1. The maximum Gasteiger partial charge on any atom is 0.334 e. The molecule has 1 aromatic heterocycles. The Bertz CT molecular complexity index is 402. The monoisotopic (exact) mass is 264 g/mol. The second kappa shape index (κ2) is 6.63. The van der Waals surface area contributed by atoms with Crippen LogP contribution in [0.1, 0.15) is 18.5 Å². The van der Waals surface area contributed by atoms with Gasteiger partial charge in [-0.1, -0.05) is 6.07 Å². The maximum absolute atomic E-state index is 11.3. The minimum atomic E-state index is -0.984. The Morgan fingerprint density at radius 1 is 1.53 bits per heavy atom. The van der Waals surface area contributed by atoms with Crippen molar-refractivity contribution >= 4 is 5.97 Å². The Balaban J connectivity index is 1.81. The van der Waals surface area contributed by atoms with E-state index in [1.54, 1.807) is 6.20 Å². The van der Waals surface area contributed by atoms with E-state index >= 15 is 0 Å². The van der Waals surface area contributed by atoms with E-state index in [4.69, 9.17) is 0 Å². The van der Waals surface area contributed by atoms with Gasteiger partial charge in [-0.15, -0.1) is 0 Å². The highest BCUT2D eigenvalue weighted by Gasteiger charge is 2.30. The lowest BCUT2D eigenvalue weighted by Crippen LogP contribution is -2.40. The number of aromatic nitrogens is 1. The van der Waals surface area contributed by atoms with E-state index in [0.29, 0.717) is 0 Å². The van der Waals surface area contributed by atoms with E-state index in [-0.39, 0.29) is 5.92 Å². The second-order valence-corrected chi connectivity index (χ2v) is 4.90. The van der Waals surface area contributed by atoms with Crippen molar-refractivity contribution in [2.45, 2.75) is 25.5 Å². The largest absolute Gasteiger partial charge is 0.467 e. The van der Waals surface area contributed by atoms with Crippen LogP contribution in [-0.4, -0.2) is 47.3 Å². The van der Waals surface area contributed by atoms with Gasteiger partial charge in [0.05, 0.1) is 12.8 Å². The molecular weight excluding hydrogens is 244 g/mol. The average Bonchev–Trinajstić information content (AvgIpc) is 2.47. The molecule has 104 valence electrons. The number of aliphatic hydroxyl groups excluding tert-OH is 1. The van der Waals surface area contributed by atoms with Crippen LogP contribution in [0.25, 0.3) is 0 Å². The van der Waals surface area contributed by atoms with Crippen molar-refractivity contribution in [2.75, 3.05) is 20.2 Å². The summed E-state index contributed by atoms with van der Waals surface area (Å²) in [6.07, 6.45) is 2.43. The van der Waals surface area contributed by atoms with Crippen LogP contribution < -0.4 is 0 Å². The first kappa shape index (κ1) is 14.0. The molecule has 0 amide bonds. The number of likely N-dealkylation sites (tertiary alicyclic amines) is 1. The van der Waals surface area contributed by atoms with Crippen LogP contribution in [0.15, 0.2) is 24.4 Å². The predicted molar refractivity (Wildman–Crippen MR) is 70.3 cm³/mol. The van der Waals surface area contributed by atoms with Crippen LogP contribution in [0.5, 0.6) is 0 Å². The standard InChI is InChI=1S/C14H20N2O3/c1-19-14(18)13(17)11-5-8-16(9-6-11)10-12-4-2-3-7-15-12/h2-4,7,11,13,17H,5-6,8-10H2,1H3. The van der Waals surface area contributed by atoms with Gasteiger partial charge in [0.1, 0.15) is 0 Å². The summed E-state index contributed by atoms with van der Waals surface area (Å²) in [5, 5.41) is 9.81. The summed E-state index contributed by atoms with van der Waals surface area (Å²) in [6, 6.07) is 5.90. The zero-order chi connectivity index (χ0) is 13.7. The van der Waals surface area contributed by atoms with Crippen molar-refractivity contribution in [1.82, 2.24) is 9.88 Å². The van der Waals surface area contributed by atoms with E-state index in [1.807, 2.05) is 18.2 Å². The van der Waals surface area contributed by atoms with Gasteiger partial charge in [0.15, 0.2) is 6.10 Å². The number of carbonyl (C=O) groups excluding carboxylic acids is 1. The molecule has 0 aromatic carbocycles. The molecular formula is C14H20N2O3. The minimum Gasteiger partial charge on any atom is -0.467 e. The van der Waals surface area contributed by atoms with Crippen LogP contribution >= 0.6 is 0 Å². The smallest absolute Gasteiger partial charge is 0.334 e. The summed E-state index contributed by atoms with van der Waals surface area (Å²) in [4.78, 5) is 17.9. The average molecular weight is 264 g/mol. The molecule has 2 rings (SSSR count). The molecule has 5 heteroatoms. The molecule has 1 unspecified atom stereocenters. The number of rotatable bonds is 4. The van der Waals surface area contributed by atoms with Gasteiger partial charge in [0.25, 0.3) is 0 Å². The molecule has 1 atom stereocenters. The molecule has 1 N–H and O–H groups in total. The Labute approximate surface area is 113 Å². The summed E-state index contributed by atoms with van der Waals surface area (Å²) >= 11 is 0. The van der Waals surface area contributed by atoms with Crippen molar-refractivity contribution < 1.29 is 14.6 Å². The van der Waals surface area contributed by atoms with Gasteiger partial charge in [-0.3, -0.25) is 9.88 Å². The molecule has 5 nitrogen and oxygen atoms in total. The number of methoxy groups -OCH3 is 1. The molecule has 1 aromatic rings. The second-order valence-electron chi connectivity index (χ2n) is 4.90. The summed E-state index contributed by atoms with van der Waals surface area (Å²) < 4.78 is 4.58. The number of hydrogen-bond donors (Lipinski definition) is 1. The molecule has 1 aliphatic heterocycles. The number of carbonyl (C=O) groups is 1. The molecule has 1 aliphatic rings. The van der Waals surface area contributed by atoms with Gasteiger partial charge >= 0.3 is 5.97 Å². The fourth-order valence-electron chi connectivity index (χ4n) is 2.46. The van der Waals surface area contributed by atoms with E-state index in [2.05, 4.69) is 14.6 Å². The van der Waals surface area contributed by atoms with Gasteiger partial charge in [-0.2, -0.15) is 0 Å². The summed E-state index contributed by atoms with van der Waals surface area (Å²) in [6.45, 7) is 2.56. The maximum atomic E-state index is 11.3. The first-order chi connectivity index (χ1) is 9.20. The van der Waals surface area contributed by atoms with Crippen LogP contribution in [0.2, 0.25) is 0 Å². The molecule has 19 heavy (non-hydrogen) atoms. The number of nitrogens with zero attached hydrogens (tertiary/aromatic N) is 2. The lowest BCUT2D eigenvalue weighted by molar-refractivity contribution is -0.154. The van der Waals surface area contributed by atoms with Gasteiger partial charge in [0.2, 0.25) is 0 Å². The number of hydrogen-bond acceptors (Lipinski definition) is 5. The Hall–Kier alpha value is -1.46. The van der Waals surface area contributed by atoms with Crippen LogP contribution in [0.3, 0.4) is 0 Å². The molecule has 0 radical (unpaired) electrons. The molecule has 1 fully saturated rings. The van der Waals surface area contributed by atoms with E-state index < -0.39 is 12.1 Å². The van der Waals surface area contributed by atoms with Crippen LogP contribution in [0, 0.1) is 5.92 Å². The van der Waals surface area contributed by atoms with Crippen molar-refractivity contribution in [3.63, 3.8) is 0 Å². The third-order valence-electron chi connectivity index (χ3n) is 3.63. The van der Waals surface area contributed by atoms with Crippen molar-refractivity contribution in [3.05, 3.63) is 30.1 Å². The minimum absolute atomic E-state index is 0.00688. The van der Waals surface area contributed by atoms with Crippen LogP contribution in [0.4, 0.5) is 0 Å². The third-order valence-corrected chi connectivity index (χ3v) is 3.63. The summed E-state index contributed by atoms with van der Waals surface area (Å²) in [7, 11) is 1.31. The van der Waals surface area contributed by atoms with Gasteiger partial charge in [-0.25, -0.2) is 4.79 Å². The Kier molecular flexibility index (Phi) is 4.87. The fourth-order valence-corrected chi connectivity index (χ4v) is 2.46. The Morgan fingerprint density at radius 3 is 2.84 bits per heavy atom. The zero-order valence-electron chi connectivity index (χ0n) is 11.2. The van der Waals surface area contributed by atoms with Gasteiger partial charge in [0, 0.05) is 12.7 Å². The lowest BCUT2D eigenvalue weighted by Gasteiger charge is -2.33. The summed E-state index contributed by atoms with van der Waals surface area (Å²) in [5.41, 5.74) is 1.05. The lowest BCUT2D eigenvalue weighted by atomic mass is 9.91. The highest BCUT2D eigenvalue weighted by atomic mass is 16.5. The molecule has 2 heterocycles. The number of aliphatic hydroxyl groups is 1. The fraction of sp³-hybridized carbons (Fsp3) is 0.571. The van der Waals surface area contributed by atoms with E-state index in [1.165, 1.54) is 7.11 Å². The predicted octanol–water partition coefficient (Wildman–Crippen LogP) is 0.827. The van der Waals surface area contributed by atoms with Crippen LogP contribution in [-0.2, 0) is 16.1 Å². The molecule has 1 saturated heterocycles. The van der Waals surface area contributed by atoms with Gasteiger partial charge in [-0.05, 0) is 44.0 Å². The molecule has 0 spiro atoms. The topological polar surface area (TPSA) is 62.7 Å². The number of piperidine rings is 1. The van der Waals surface area contributed by atoms with Crippen molar-refractivity contribution in [1.29, 1.82) is 0 Å². The first-order valence-corrected chi connectivity index (χ1v) is 6.59. The SMILES string of the molecule is COC(=O)C(O)C1CCN(Cc2ccccn2)CC1.